The van der Waals surface area contributed by atoms with Crippen LogP contribution in [-0.2, 0) is 11.3 Å². The van der Waals surface area contributed by atoms with E-state index in [2.05, 4.69) is 10.2 Å². The standard InChI is InChI=1S/C21H24N4O6/c1-2-31-21(28)24-10-8-23(9-11-24)14-15-4-3-5-17(12-15)22-18-7-6-16(20(26)27)13-19(18)25(29)30/h3-7,12-13,22H,2,8-11,14H2,1H3,(H,26,27). The number of nitrogens with zero attached hydrogens (tertiary/aromatic N) is 3. The maximum atomic E-state index is 11.8. The van der Waals surface area contributed by atoms with Gasteiger partial charge >= 0.3 is 12.1 Å². The molecule has 0 bridgehead atoms. The molecule has 164 valence electrons. The molecule has 1 fully saturated rings. The molecule has 2 aromatic carbocycles. The van der Waals surface area contributed by atoms with Crippen LogP contribution in [0.2, 0.25) is 0 Å². The molecular weight excluding hydrogens is 404 g/mol. The summed E-state index contributed by atoms with van der Waals surface area (Å²) in [6.07, 6.45) is -0.288. The number of carboxylic acid groups (broad SMARTS) is 1. The lowest BCUT2D eigenvalue weighted by Gasteiger charge is -2.34. The van der Waals surface area contributed by atoms with Gasteiger partial charge in [-0.1, -0.05) is 12.1 Å². The van der Waals surface area contributed by atoms with Crippen molar-refractivity contribution >= 4 is 29.1 Å². The first-order valence-corrected chi connectivity index (χ1v) is 9.89. The lowest BCUT2D eigenvalue weighted by molar-refractivity contribution is -0.383. The molecule has 0 spiro atoms. The van der Waals surface area contributed by atoms with E-state index in [0.29, 0.717) is 31.9 Å². The number of aromatic carboxylic acids is 1. The Labute approximate surface area is 179 Å². The van der Waals surface area contributed by atoms with Crippen LogP contribution in [0.25, 0.3) is 0 Å². The fraction of sp³-hybridized carbons (Fsp3) is 0.333. The van der Waals surface area contributed by atoms with E-state index in [9.17, 15) is 19.7 Å². The number of carboxylic acids is 1. The highest BCUT2D eigenvalue weighted by Gasteiger charge is 2.22. The zero-order valence-corrected chi connectivity index (χ0v) is 17.1. The van der Waals surface area contributed by atoms with Crippen molar-refractivity contribution in [3.8, 4) is 0 Å². The van der Waals surface area contributed by atoms with Gasteiger partial charge in [0, 0.05) is 44.5 Å². The average Bonchev–Trinajstić information content (AvgIpc) is 2.74. The Kier molecular flexibility index (Phi) is 7.03. The van der Waals surface area contributed by atoms with Gasteiger partial charge in [0.1, 0.15) is 5.69 Å². The molecule has 0 aromatic heterocycles. The highest BCUT2D eigenvalue weighted by molar-refractivity contribution is 5.90. The van der Waals surface area contributed by atoms with Crippen LogP contribution >= 0.6 is 0 Å². The average molecular weight is 428 g/mol. The van der Waals surface area contributed by atoms with E-state index in [1.54, 1.807) is 17.9 Å². The molecule has 1 heterocycles. The minimum atomic E-state index is -1.22. The molecule has 0 unspecified atom stereocenters. The van der Waals surface area contributed by atoms with Gasteiger partial charge in [-0.25, -0.2) is 9.59 Å². The second-order valence-electron chi connectivity index (χ2n) is 7.08. The van der Waals surface area contributed by atoms with E-state index in [-0.39, 0.29) is 23.0 Å². The highest BCUT2D eigenvalue weighted by Crippen LogP contribution is 2.29. The Morgan fingerprint density at radius 3 is 2.55 bits per heavy atom. The first-order valence-electron chi connectivity index (χ1n) is 9.89. The summed E-state index contributed by atoms with van der Waals surface area (Å²) in [6, 6.07) is 11.3. The van der Waals surface area contributed by atoms with Gasteiger partial charge in [-0.15, -0.1) is 0 Å². The van der Waals surface area contributed by atoms with Crippen LogP contribution in [0, 0.1) is 10.1 Å². The number of hydrogen-bond acceptors (Lipinski definition) is 7. The smallest absolute Gasteiger partial charge is 0.409 e. The lowest BCUT2D eigenvalue weighted by atomic mass is 10.1. The third-order valence-electron chi connectivity index (χ3n) is 4.95. The van der Waals surface area contributed by atoms with E-state index in [4.69, 9.17) is 9.84 Å². The number of hydrogen-bond donors (Lipinski definition) is 2. The molecule has 1 aliphatic heterocycles. The summed E-state index contributed by atoms with van der Waals surface area (Å²) in [4.78, 5) is 37.6. The predicted molar refractivity (Wildman–Crippen MR) is 114 cm³/mol. The van der Waals surface area contributed by atoms with Crippen molar-refractivity contribution in [3.63, 3.8) is 0 Å². The summed E-state index contributed by atoms with van der Waals surface area (Å²) < 4.78 is 5.03. The quantitative estimate of drug-likeness (QED) is 0.508. The molecule has 1 amide bonds. The second kappa shape index (κ2) is 9.90. The highest BCUT2D eigenvalue weighted by atomic mass is 16.6. The first kappa shape index (κ1) is 22.0. The second-order valence-corrected chi connectivity index (χ2v) is 7.08. The van der Waals surface area contributed by atoms with Gasteiger partial charge in [-0.2, -0.15) is 0 Å². The molecule has 0 radical (unpaired) electrons. The molecule has 1 aliphatic rings. The van der Waals surface area contributed by atoms with Gasteiger partial charge < -0.3 is 20.1 Å². The van der Waals surface area contributed by atoms with Crippen LogP contribution in [0.15, 0.2) is 42.5 Å². The summed E-state index contributed by atoms with van der Waals surface area (Å²) in [6.45, 7) is 5.45. The molecule has 2 N–H and O–H groups in total. The molecule has 31 heavy (non-hydrogen) atoms. The van der Waals surface area contributed by atoms with E-state index in [0.717, 1.165) is 24.7 Å². The number of anilines is 2. The van der Waals surface area contributed by atoms with Crippen LogP contribution in [0.1, 0.15) is 22.8 Å². The molecule has 0 saturated carbocycles. The van der Waals surface area contributed by atoms with Crippen molar-refractivity contribution in [2.75, 3.05) is 38.1 Å². The number of rotatable bonds is 7. The van der Waals surface area contributed by atoms with Gasteiger partial charge in [0.2, 0.25) is 0 Å². The summed E-state index contributed by atoms with van der Waals surface area (Å²) in [5.74, 6) is -1.22. The first-order chi connectivity index (χ1) is 14.9. The third kappa shape index (κ3) is 5.70. The summed E-state index contributed by atoms with van der Waals surface area (Å²) >= 11 is 0. The van der Waals surface area contributed by atoms with Crippen molar-refractivity contribution in [2.45, 2.75) is 13.5 Å². The number of nitrogens with one attached hydrogen (secondary N) is 1. The predicted octanol–water partition coefficient (Wildman–Crippen LogP) is 3.31. The van der Waals surface area contributed by atoms with E-state index >= 15 is 0 Å². The Hall–Kier alpha value is -3.66. The van der Waals surface area contributed by atoms with Gasteiger partial charge in [-0.3, -0.25) is 15.0 Å². The molecule has 0 atom stereocenters. The molecule has 1 saturated heterocycles. The minimum Gasteiger partial charge on any atom is -0.478 e. The van der Waals surface area contributed by atoms with Crippen molar-refractivity contribution < 1.29 is 24.4 Å². The zero-order chi connectivity index (χ0) is 22.4. The number of nitro groups is 1. The Bertz CT molecular complexity index is 972. The maximum absolute atomic E-state index is 11.8. The number of benzene rings is 2. The van der Waals surface area contributed by atoms with Crippen LogP contribution in [0.4, 0.5) is 21.9 Å². The Morgan fingerprint density at radius 1 is 1.16 bits per heavy atom. The van der Waals surface area contributed by atoms with Gasteiger partial charge in [0.15, 0.2) is 0 Å². The molecule has 0 aliphatic carbocycles. The van der Waals surface area contributed by atoms with Crippen molar-refractivity contribution in [1.29, 1.82) is 0 Å². The number of nitro benzene ring substituents is 1. The van der Waals surface area contributed by atoms with Crippen LogP contribution < -0.4 is 5.32 Å². The monoisotopic (exact) mass is 428 g/mol. The Morgan fingerprint density at radius 2 is 1.90 bits per heavy atom. The fourth-order valence-corrected chi connectivity index (χ4v) is 3.39. The number of ether oxygens (including phenoxy) is 1. The number of carbonyl (C=O) groups excluding carboxylic acids is 1. The van der Waals surface area contributed by atoms with Crippen molar-refractivity contribution in [3.05, 3.63) is 63.7 Å². The normalized spacial score (nSPS) is 14.2. The van der Waals surface area contributed by atoms with E-state index in [1.807, 2.05) is 18.2 Å². The lowest BCUT2D eigenvalue weighted by Crippen LogP contribution is -2.48. The largest absolute Gasteiger partial charge is 0.478 e. The number of piperazine rings is 1. The van der Waals surface area contributed by atoms with E-state index < -0.39 is 10.9 Å². The van der Waals surface area contributed by atoms with Crippen LogP contribution in [-0.4, -0.2) is 64.7 Å². The molecule has 3 rings (SSSR count). The fourth-order valence-electron chi connectivity index (χ4n) is 3.39. The molecule has 2 aromatic rings. The maximum Gasteiger partial charge on any atom is 0.409 e. The van der Waals surface area contributed by atoms with Gasteiger partial charge in [0.05, 0.1) is 17.1 Å². The van der Waals surface area contributed by atoms with Gasteiger partial charge in [-0.05, 0) is 36.8 Å². The van der Waals surface area contributed by atoms with Crippen LogP contribution in [0.3, 0.4) is 0 Å². The molecule has 10 nitrogen and oxygen atoms in total. The molecule has 10 heteroatoms. The minimum absolute atomic E-state index is 0.145. The van der Waals surface area contributed by atoms with Gasteiger partial charge in [0.25, 0.3) is 5.69 Å². The Balaban J connectivity index is 1.66. The number of amides is 1. The van der Waals surface area contributed by atoms with E-state index in [1.165, 1.54) is 12.1 Å². The zero-order valence-electron chi connectivity index (χ0n) is 17.1. The molecular formula is C21H24N4O6. The van der Waals surface area contributed by atoms with Crippen LogP contribution in [0.5, 0.6) is 0 Å². The SMILES string of the molecule is CCOC(=O)N1CCN(Cc2cccc(Nc3ccc(C(=O)O)cc3[N+](=O)[O-])c2)CC1. The topological polar surface area (TPSA) is 125 Å². The number of carbonyl (C=O) groups is 2. The van der Waals surface area contributed by atoms with Crippen molar-refractivity contribution in [1.82, 2.24) is 9.80 Å². The summed E-state index contributed by atoms with van der Waals surface area (Å²) in [5, 5.41) is 23.4. The third-order valence-corrected chi connectivity index (χ3v) is 4.95. The van der Waals surface area contributed by atoms with Crippen molar-refractivity contribution in [2.24, 2.45) is 0 Å². The summed E-state index contributed by atoms with van der Waals surface area (Å²) in [5.41, 5.74) is 1.44. The summed E-state index contributed by atoms with van der Waals surface area (Å²) in [7, 11) is 0.